The molecule has 20 heavy (non-hydrogen) atoms. The van der Waals surface area contributed by atoms with Crippen molar-refractivity contribution in [2.45, 2.75) is 32.5 Å². The van der Waals surface area contributed by atoms with E-state index in [0.29, 0.717) is 13.0 Å². The Labute approximate surface area is 120 Å². The van der Waals surface area contributed by atoms with E-state index < -0.39 is 6.10 Å². The molecule has 0 aliphatic rings. The number of esters is 1. The molecule has 4 nitrogen and oxygen atoms in total. The fourth-order valence-electron chi connectivity index (χ4n) is 1.80. The Hall–Kier alpha value is -1.81. The molecule has 0 amide bonds. The van der Waals surface area contributed by atoms with E-state index in [4.69, 9.17) is 14.2 Å². The summed E-state index contributed by atoms with van der Waals surface area (Å²) in [5.74, 6) is 0.430. The molecule has 0 saturated carbocycles. The van der Waals surface area contributed by atoms with E-state index in [-0.39, 0.29) is 12.1 Å². The molecule has 0 spiro atoms. The minimum Gasteiger partial charge on any atom is -0.497 e. The van der Waals surface area contributed by atoms with Gasteiger partial charge < -0.3 is 14.2 Å². The molecule has 0 fully saturated rings. The summed E-state index contributed by atoms with van der Waals surface area (Å²) >= 11 is 0. The van der Waals surface area contributed by atoms with Crippen molar-refractivity contribution in [3.05, 3.63) is 42.5 Å². The molecular weight excluding hydrogens is 256 g/mol. The zero-order valence-electron chi connectivity index (χ0n) is 12.3. The highest BCUT2D eigenvalue weighted by atomic mass is 16.6. The summed E-state index contributed by atoms with van der Waals surface area (Å²) in [6.07, 6.45) is 1.56. The van der Waals surface area contributed by atoms with Gasteiger partial charge in [-0.1, -0.05) is 18.2 Å². The Bertz CT molecular complexity index is 425. The smallest absolute Gasteiger partial charge is 0.334 e. The normalized spacial score (nSPS) is 13.3. The average molecular weight is 278 g/mol. The Balaban J connectivity index is 2.76. The number of ether oxygens (including phenoxy) is 3. The second kappa shape index (κ2) is 8.38. The Morgan fingerprint density at radius 2 is 2.00 bits per heavy atom. The van der Waals surface area contributed by atoms with Crippen LogP contribution in [0.4, 0.5) is 0 Å². The maximum absolute atomic E-state index is 11.6. The molecule has 2 atom stereocenters. The predicted molar refractivity (Wildman–Crippen MR) is 77.7 cm³/mol. The molecule has 1 aromatic rings. The maximum atomic E-state index is 11.6. The lowest BCUT2D eigenvalue weighted by Crippen LogP contribution is -2.25. The minimum absolute atomic E-state index is 0.224. The van der Waals surface area contributed by atoms with E-state index in [1.54, 1.807) is 27.0 Å². The Morgan fingerprint density at radius 3 is 2.50 bits per heavy atom. The first-order valence-corrected chi connectivity index (χ1v) is 6.69. The largest absolute Gasteiger partial charge is 0.497 e. The van der Waals surface area contributed by atoms with Crippen LogP contribution in [0, 0.1) is 0 Å². The highest BCUT2D eigenvalue weighted by Gasteiger charge is 2.20. The molecule has 1 rings (SSSR count). The van der Waals surface area contributed by atoms with Gasteiger partial charge in [-0.3, -0.25) is 0 Å². The van der Waals surface area contributed by atoms with Crippen LogP contribution in [0.3, 0.4) is 0 Å². The van der Waals surface area contributed by atoms with E-state index in [1.807, 2.05) is 24.3 Å². The highest BCUT2D eigenvalue weighted by Crippen LogP contribution is 2.25. The van der Waals surface area contributed by atoms with Gasteiger partial charge in [-0.2, -0.15) is 0 Å². The molecule has 110 valence electrons. The molecule has 0 aliphatic carbocycles. The van der Waals surface area contributed by atoms with Crippen LogP contribution in [0.5, 0.6) is 5.75 Å². The SMILES string of the molecule is C=CC[C@H](O[C@H](C)C(=O)OCC)c1ccc(OC)cc1. The van der Waals surface area contributed by atoms with Gasteiger partial charge >= 0.3 is 5.97 Å². The van der Waals surface area contributed by atoms with Crippen LogP contribution >= 0.6 is 0 Å². The van der Waals surface area contributed by atoms with E-state index in [1.165, 1.54) is 0 Å². The van der Waals surface area contributed by atoms with Gasteiger partial charge in [0.2, 0.25) is 0 Å². The van der Waals surface area contributed by atoms with Gasteiger partial charge in [-0.25, -0.2) is 4.79 Å². The van der Waals surface area contributed by atoms with Crippen molar-refractivity contribution >= 4 is 5.97 Å². The third-order valence-electron chi connectivity index (χ3n) is 2.86. The summed E-state index contributed by atoms with van der Waals surface area (Å²) < 4.78 is 15.8. The molecule has 0 radical (unpaired) electrons. The summed E-state index contributed by atoms with van der Waals surface area (Å²) in [4.78, 5) is 11.6. The van der Waals surface area contributed by atoms with Gasteiger partial charge in [0, 0.05) is 0 Å². The van der Waals surface area contributed by atoms with Crippen molar-refractivity contribution in [3.63, 3.8) is 0 Å². The van der Waals surface area contributed by atoms with E-state index in [9.17, 15) is 4.79 Å². The molecule has 0 aliphatic heterocycles. The second-order valence-corrected chi connectivity index (χ2v) is 4.32. The van der Waals surface area contributed by atoms with Gasteiger partial charge in [0.1, 0.15) is 5.75 Å². The number of benzene rings is 1. The molecule has 0 aromatic heterocycles. The first-order valence-electron chi connectivity index (χ1n) is 6.69. The molecule has 0 saturated heterocycles. The summed E-state index contributed by atoms with van der Waals surface area (Å²) in [6, 6.07) is 7.57. The van der Waals surface area contributed by atoms with E-state index in [2.05, 4.69) is 6.58 Å². The van der Waals surface area contributed by atoms with Gasteiger partial charge in [0.15, 0.2) is 6.10 Å². The summed E-state index contributed by atoms with van der Waals surface area (Å²) in [5, 5.41) is 0. The fourth-order valence-corrected chi connectivity index (χ4v) is 1.80. The van der Waals surface area contributed by atoms with Crippen LogP contribution in [-0.2, 0) is 14.3 Å². The third kappa shape index (κ3) is 4.70. The molecule has 0 heterocycles. The van der Waals surface area contributed by atoms with Gasteiger partial charge in [0.25, 0.3) is 0 Å². The third-order valence-corrected chi connectivity index (χ3v) is 2.86. The molecule has 0 bridgehead atoms. The standard InChI is InChI=1S/C16H22O4/c1-5-7-15(20-12(3)16(17)19-6-2)13-8-10-14(18-4)11-9-13/h5,8-12,15H,1,6-7H2,2-4H3/t12-,15+/m1/s1. The monoisotopic (exact) mass is 278 g/mol. The lowest BCUT2D eigenvalue weighted by molar-refractivity contribution is -0.159. The lowest BCUT2D eigenvalue weighted by Gasteiger charge is -2.21. The first-order chi connectivity index (χ1) is 9.62. The van der Waals surface area contributed by atoms with E-state index >= 15 is 0 Å². The average Bonchev–Trinajstić information content (AvgIpc) is 2.47. The second-order valence-electron chi connectivity index (χ2n) is 4.32. The number of methoxy groups -OCH3 is 1. The van der Waals surface area contributed by atoms with Gasteiger partial charge in [-0.15, -0.1) is 6.58 Å². The minimum atomic E-state index is -0.609. The molecule has 0 unspecified atom stereocenters. The zero-order chi connectivity index (χ0) is 15.0. The number of hydrogen-bond donors (Lipinski definition) is 0. The zero-order valence-corrected chi connectivity index (χ0v) is 12.3. The van der Waals surface area contributed by atoms with Crippen LogP contribution in [0.2, 0.25) is 0 Å². The molecule has 1 aromatic carbocycles. The van der Waals surface area contributed by atoms with Crippen LogP contribution < -0.4 is 4.74 Å². The number of carbonyl (C=O) groups is 1. The van der Waals surface area contributed by atoms with Crippen molar-refractivity contribution in [2.24, 2.45) is 0 Å². The van der Waals surface area contributed by atoms with Crippen LogP contribution in [-0.4, -0.2) is 25.8 Å². The van der Waals surface area contributed by atoms with Crippen molar-refractivity contribution in [1.29, 1.82) is 0 Å². The fraction of sp³-hybridized carbons (Fsp3) is 0.438. The summed E-state index contributed by atoms with van der Waals surface area (Å²) in [5.41, 5.74) is 0.974. The van der Waals surface area contributed by atoms with Gasteiger partial charge in [0.05, 0.1) is 19.8 Å². The Kier molecular flexibility index (Phi) is 6.81. The lowest BCUT2D eigenvalue weighted by atomic mass is 10.1. The number of carbonyl (C=O) groups excluding carboxylic acids is 1. The Morgan fingerprint density at radius 1 is 1.35 bits per heavy atom. The topological polar surface area (TPSA) is 44.8 Å². The molecular formula is C16H22O4. The highest BCUT2D eigenvalue weighted by molar-refractivity contribution is 5.74. The van der Waals surface area contributed by atoms with Crippen molar-refractivity contribution in [1.82, 2.24) is 0 Å². The number of rotatable bonds is 8. The molecule has 0 N–H and O–H groups in total. The van der Waals surface area contributed by atoms with Crippen molar-refractivity contribution < 1.29 is 19.0 Å². The predicted octanol–water partition coefficient (Wildman–Crippen LogP) is 3.28. The summed E-state index contributed by atoms with van der Waals surface area (Å²) in [7, 11) is 1.62. The van der Waals surface area contributed by atoms with Crippen molar-refractivity contribution in [2.75, 3.05) is 13.7 Å². The van der Waals surface area contributed by atoms with Crippen molar-refractivity contribution in [3.8, 4) is 5.75 Å². The van der Waals surface area contributed by atoms with Crippen LogP contribution in [0.15, 0.2) is 36.9 Å². The van der Waals surface area contributed by atoms with E-state index in [0.717, 1.165) is 11.3 Å². The molecule has 4 heteroatoms. The quantitative estimate of drug-likeness (QED) is 0.541. The number of hydrogen-bond acceptors (Lipinski definition) is 4. The maximum Gasteiger partial charge on any atom is 0.334 e. The van der Waals surface area contributed by atoms with Crippen LogP contribution in [0.1, 0.15) is 31.9 Å². The first kappa shape index (κ1) is 16.2. The van der Waals surface area contributed by atoms with Crippen LogP contribution in [0.25, 0.3) is 0 Å². The van der Waals surface area contributed by atoms with Gasteiger partial charge in [-0.05, 0) is 38.0 Å². The summed E-state index contributed by atoms with van der Waals surface area (Å²) in [6.45, 7) is 7.54.